The Morgan fingerprint density at radius 1 is 1.14 bits per heavy atom. The predicted molar refractivity (Wildman–Crippen MR) is 83.7 cm³/mol. The molecule has 0 aliphatic rings. The van der Waals surface area contributed by atoms with Gasteiger partial charge in [0.15, 0.2) is 0 Å². The van der Waals surface area contributed by atoms with Crippen LogP contribution in [0.4, 0.5) is 13.2 Å². The summed E-state index contributed by atoms with van der Waals surface area (Å²) in [6.45, 7) is 0. The Morgan fingerprint density at radius 2 is 1.81 bits per heavy atom. The molecule has 0 spiro atoms. The van der Waals surface area contributed by atoms with Gasteiger partial charge in [0.05, 0.1) is 5.56 Å². The predicted octanol–water partition coefficient (Wildman–Crippen LogP) is 4.90. The summed E-state index contributed by atoms with van der Waals surface area (Å²) < 4.78 is 38.7. The van der Waals surface area contributed by atoms with Crippen molar-refractivity contribution >= 4 is 27.3 Å². The van der Waals surface area contributed by atoms with Gasteiger partial charge >= 0.3 is 6.18 Å². The van der Waals surface area contributed by atoms with E-state index in [9.17, 15) is 13.2 Å². The van der Waals surface area contributed by atoms with Crippen molar-refractivity contribution in [3.05, 3.63) is 56.2 Å². The number of halogens is 4. The van der Waals surface area contributed by atoms with Crippen LogP contribution < -0.4 is 5.32 Å². The van der Waals surface area contributed by atoms with Crippen molar-refractivity contribution in [3.63, 3.8) is 0 Å². The van der Waals surface area contributed by atoms with Crippen LogP contribution in [0.15, 0.2) is 40.2 Å². The van der Waals surface area contributed by atoms with E-state index in [1.807, 2.05) is 18.5 Å². The van der Waals surface area contributed by atoms with Crippen molar-refractivity contribution in [2.24, 2.45) is 0 Å². The zero-order valence-corrected chi connectivity index (χ0v) is 13.8. The molecule has 1 N–H and O–H groups in total. The molecule has 0 saturated heterocycles. The average Bonchev–Trinajstić information content (AvgIpc) is 2.83. The highest BCUT2D eigenvalue weighted by molar-refractivity contribution is 9.10. The fourth-order valence-electron chi connectivity index (χ4n) is 2.09. The average molecular weight is 378 g/mol. The molecular weight excluding hydrogens is 363 g/mol. The largest absolute Gasteiger partial charge is 0.416 e. The van der Waals surface area contributed by atoms with Gasteiger partial charge in [-0.25, -0.2) is 0 Å². The zero-order valence-electron chi connectivity index (χ0n) is 11.4. The standard InChI is InChI=1S/C15H15BrF3NS/c1-20-12(9-14-13(16)6-7-21-14)8-10-2-4-11(5-3-10)15(17,18)19/h2-7,12,20H,8-9H2,1H3. The minimum Gasteiger partial charge on any atom is -0.316 e. The van der Waals surface area contributed by atoms with Crippen LogP contribution in [0.1, 0.15) is 16.0 Å². The summed E-state index contributed by atoms with van der Waals surface area (Å²) in [6, 6.07) is 7.58. The van der Waals surface area contributed by atoms with E-state index in [0.29, 0.717) is 6.42 Å². The summed E-state index contributed by atoms with van der Waals surface area (Å²) in [6.07, 6.45) is -2.74. The lowest BCUT2D eigenvalue weighted by atomic mass is 10.0. The van der Waals surface area contributed by atoms with Crippen LogP contribution in [0.5, 0.6) is 0 Å². The van der Waals surface area contributed by atoms with Crippen molar-refractivity contribution in [1.29, 1.82) is 0 Å². The molecule has 0 aliphatic carbocycles. The van der Waals surface area contributed by atoms with Crippen molar-refractivity contribution in [2.45, 2.75) is 25.1 Å². The summed E-state index contributed by atoms with van der Waals surface area (Å²) in [4.78, 5) is 1.24. The van der Waals surface area contributed by atoms with E-state index in [-0.39, 0.29) is 6.04 Å². The maximum atomic E-state index is 12.5. The highest BCUT2D eigenvalue weighted by Gasteiger charge is 2.29. The van der Waals surface area contributed by atoms with Crippen molar-refractivity contribution < 1.29 is 13.2 Å². The molecule has 1 atom stereocenters. The molecule has 0 radical (unpaired) electrons. The molecule has 21 heavy (non-hydrogen) atoms. The first-order valence-electron chi connectivity index (χ1n) is 6.45. The smallest absolute Gasteiger partial charge is 0.316 e. The van der Waals surface area contributed by atoms with E-state index < -0.39 is 11.7 Å². The van der Waals surface area contributed by atoms with Crippen LogP contribution in [0.2, 0.25) is 0 Å². The van der Waals surface area contributed by atoms with Gasteiger partial charge in [0.2, 0.25) is 0 Å². The van der Waals surface area contributed by atoms with E-state index >= 15 is 0 Å². The molecule has 1 nitrogen and oxygen atoms in total. The number of hydrogen-bond donors (Lipinski definition) is 1. The number of alkyl halides is 3. The minimum atomic E-state index is -4.28. The maximum Gasteiger partial charge on any atom is 0.416 e. The highest BCUT2D eigenvalue weighted by Crippen LogP contribution is 2.29. The minimum absolute atomic E-state index is 0.191. The Balaban J connectivity index is 2.03. The molecule has 6 heteroatoms. The van der Waals surface area contributed by atoms with E-state index in [2.05, 4.69) is 21.2 Å². The van der Waals surface area contributed by atoms with Crippen molar-refractivity contribution in [2.75, 3.05) is 7.05 Å². The van der Waals surface area contributed by atoms with Crippen molar-refractivity contribution in [3.8, 4) is 0 Å². The summed E-state index contributed by atoms with van der Waals surface area (Å²) in [5.41, 5.74) is 0.295. The number of nitrogens with one attached hydrogen (secondary N) is 1. The monoisotopic (exact) mass is 377 g/mol. The molecule has 0 saturated carbocycles. The van der Waals surface area contributed by atoms with Crippen molar-refractivity contribution in [1.82, 2.24) is 5.32 Å². The third-order valence-corrected chi connectivity index (χ3v) is 5.24. The fourth-order valence-corrected chi connectivity index (χ4v) is 3.68. The molecule has 114 valence electrons. The van der Waals surface area contributed by atoms with E-state index in [1.54, 1.807) is 23.5 Å². The first-order chi connectivity index (χ1) is 9.90. The normalized spacial score (nSPS) is 13.4. The number of likely N-dealkylation sites (N-methyl/N-ethyl adjacent to an activating group) is 1. The van der Waals surface area contributed by atoms with Crippen LogP contribution in [0, 0.1) is 0 Å². The Morgan fingerprint density at radius 3 is 2.29 bits per heavy atom. The molecule has 2 rings (SSSR count). The molecule has 1 heterocycles. The topological polar surface area (TPSA) is 12.0 Å². The summed E-state index contributed by atoms with van der Waals surface area (Å²) in [7, 11) is 1.87. The van der Waals surface area contributed by atoms with E-state index in [0.717, 1.165) is 28.6 Å². The summed E-state index contributed by atoms with van der Waals surface area (Å²) >= 11 is 5.17. The molecule has 1 unspecified atom stereocenters. The Hall–Kier alpha value is -0.850. The second kappa shape index (κ2) is 6.94. The van der Waals surface area contributed by atoms with Crippen LogP contribution in [-0.4, -0.2) is 13.1 Å². The number of benzene rings is 1. The Labute approximate surface area is 134 Å². The van der Waals surface area contributed by atoms with Gasteiger partial charge in [0.1, 0.15) is 0 Å². The third kappa shape index (κ3) is 4.56. The first kappa shape index (κ1) is 16.5. The Kier molecular flexibility index (Phi) is 5.46. The van der Waals surface area contributed by atoms with Gasteiger partial charge < -0.3 is 5.32 Å². The Bertz CT molecular complexity index is 577. The van der Waals surface area contributed by atoms with E-state index in [4.69, 9.17) is 0 Å². The molecule has 1 aromatic heterocycles. The number of hydrogen-bond acceptors (Lipinski definition) is 2. The van der Waals surface area contributed by atoms with Gasteiger partial charge in [-0.15, -0.1) is 11.3 Å². The van der Waals surface area contributed by atoms with Gasteiger partial charge in [-0.3, -0.25) is 0 Å². The molecule has 1 aromatic carbocycles. The molecule has 0 fully saturated rings. The molecular formula is C15H15BrF3NS. The molecule has 0 aliphatic heterocycles. The molecule has 0 bridgehead atoms. The zero-order chi connectivity index (χ0) is 15.5. The maximum absolute atomic E-state index is 12.5. The van der Waals surface area contributed by atoms with E-state index in [1.165, 1.54) is 4.88 Å². The third-order valence-electron chi connectivity index (χ3n) is 3.29. The lowest BCUT2D eigenvalue weighted by Gasteiger charge is -2.16. The lowest BCUT2D eigenvalue weighted by Crippen LogP contribution is -2.29. The van der Waals surface area contributed by atoms with Gasteiger partial charge in [0.25, 0.3) is 0 Å². The fraction of sp³-hybridized carbons (Fsp3) is 0.333. The quantitative estimate of drug-likeness (QED) is 0.780. The molecule has 2 aromatic rings. The second-order valence-electron chi connectivity index (χ2n) is 4.78. The highest BCUT2D eigenvalue weighted by atomic mass is 79.9. The van der Waals surface area contributed by atoms with Crippen LogP contribution in [0.3, 0.4) is 0 Å². The lowest BCUT2D eigenvalue weighted by molar-refractivity contribution is -0.137. The van der Waals surface area contributed by atoms with Gasteiger partial charge in [-0.1, -0.05) is 12.1 Å². The SMILES string of the molecule is CNC(Cc1ccc(C(F)(F)F)cc1)Cc1sccc1Br. The number of thiophene rings is 1. The number of rotatable bonds is 5. The van der Waals surface area contributed by atoms with Gasteiger partial charge in [-0.05, 0) is 65.0 Å². The van der Waals surface area contributed by atoms with Gasteiger partial charge in [-0.2, -0.15) is 13.2 Å². The first-order valence-corrected chi connectivity index (χ1v) is 8.12. The van der Waals surface area contributed by atoms with Crippen LogP contribution in [-0.2, 0) is 19.0 Å². The van der Waals surface area contributed by atoms with Crippen LogP contribution in [0.25, 0.3) is 0 Å². The molecule has 0 amide bonds. The van der Waals surface area contributed by atoms with Crippen LogP contribution >= 0.6 is 27.3 Å². The van der Waals surface area contributed by atoms with Gasteiger partial charge in [0, 0.05) is 15.4 Å². The summed E-state index contributed by atoms with van der Waals surface area (Å²) in [5.74, 6) is 0. The summed E-state index contributed by atoms with van der Waals surface area (Å²) in [5, 5.41) is 5.24. The second-order valence-corrected chi connectivity index (χ2v) is 6.64.